The molecule has 1 saturated heterocycles. The van der Waals surface area contributed by atoms with Crippen molar-refractivity contribution in [3.63, 3.8) is 0 Å². The molecule has 8 heteroatoms. The number of nitrogens with zero attached hydrogens (tertiary/aromatic N) is 1. The number of nitrogens with one attached hydrogen (secondary N) is 1. The first-order valence-electron chi connectivity index (χ1n) is 7.24. The van der Waals surface area contributed by atoms with Gasteiger partial charge in [-0.25, -0.2) is 4.79 Å². The number of hydrogen-bond acceptors (Lipinski definition) is 5. The average Bonchev–Trinajstić information content (AvgIpc) is 2.53. The number of carbonyl (C=O) groups is 3. The number of anilines is 2. The summed E-state index contributed by atoms with van der Waals surface area (Å²) in [5, 5.41) is 21.3. The molecule has 0 aliphatic carbocycles. The summed E-state index contributed by atoms with van der Waals surface area (Å²) in [5.41, 5.74) is 2.08. The summed E-state index contributed by atoms with van der Waals surface area (Å²) in [6.07, 6.45) is -2.53. The van der Waals surface area contributed by atoms with Gasteiger partial charge in [0.15, 0.2) is 12.2 Å². The number of rotatable bonds is 3. The van der Waals surface area contributed by atoms with E-state index < -0.39 is 24.1 Å². The summed E-state index contributed by atoms with van der Waals surface area (Å²) in [5.74, 6) is -2.19. The summed E-state index contributed by atoms with van der Waals surface area (Å²) in [6.45, 7) is 0.378. The van der Waals surface area contributed by atoms with E-state index in [-0.39, 0.29) is 19.1 Å². The second-order valence-electron chi connectivity index (χ2n) is 5.42. The molecular formula is C15H16N2O6. The van der Waals surface area contributed by atoms with Crippen molar-refractivity contribution >= 4 is 29.2 Å². The van der Waals surface area contributed by atoms with Crippen LogP contribution in [0, 0.1) is 0 Å². The van der Waals surface area contributed by atoms with Crippen LogP contribution in [-0.2, 0) is 25.5 Å². The molecule has 1 aromatic carbocycles. The van der Waals surface area contributed by atoms with Crippen LogP contribution in [0.15, 0.2) is 18.2 Å². The molecule has 3 rings (SSSR count). The van der Waals surface area contributed by atoms with Crippen LogP contribution in [0.2, 0.25) is 0 Å². The van der Waals surface area contributed by atoms with Crippen LogP contribution in [0.1, 0.15) is 12.0 Å². The number of morpholine rings is 1. The third kappa shape index (κ3) is 2.78. The van der Waals surface area contributed by atoms with E-state index in [1.165, 1.54) is 4.90 Å². The maximum absolute atomic E-state index is 12.5. The van der Waals surface area contributed by atoms with Gasteiger partial charge in [0, 0.05) is 24.3 Å². The first kappa shape index (κ1) is 15.4. The van der Waals surface area contributed by atoms with E-state index in [9.17, 15) is 19.5 Å². The molecule has 8 nitrogen and oxygen atoms in total. The highest BCUT2D eigenvalue weighted by Gasteiger charge is 2.40. The monoisotopic (exact) mass is 320 g/mol. The Balaban J connectivity index is 1.93. The number of aliphatic carboxylic acids is 1. The van der Waals surface area contributed by atoms with Crippen LogP contribution >= 0.6 is 0 Å². The van der Waals surface area contributed by atoms with E-state index in [1.807, 2.05) is 0 Å². The zero-order valence-electron chi connectivity index (χ0n) is 12.2. The van der Waals surface area contributed by atoms with Crippen molar-refractivity contribution in [2.75, 3.05) is 23.4 Å². The number of aliphatic hydroxyl groups is 1. The Morgan fingerprint density at radius 1 is 1.35 bits per heavy atom. The molecule has 1 fully saturated rings. The van der Waals surface area contributed by atoms with Crippen LogP contribution in [0.25, 0.3) is 0 Å². The predicted octanol–water partition coefficient (Wildman–Crippen LogP) is -0.251. The highest BCUT2D eigenvalue weighted by Crippen LogP contribution is 2.33. The maximum Gasteiger partial charge on any atom is 0.335 e. The minimum atomic E-state index is -1.91. The van der Waals surface area contributed by atoms with Crippen molar-refractivity contribution in [3.8, 4) is 0 Å². The number of benzene rings is 1. The summed E-state index contributed by atoms with van der Waals surface area (Å²) in [6, 6.07) is 5.21. The standard InChI is InChI=1S/C15H16N2O6/c18-11-5-4-8-9(16-11)2-1-3-10(8)17-6-7-23-13(14(17)20)12(19)15(21)22/h1-3,12-13,19H,4-7H2,(H,16,18)(H,21,22)/t12-,13?/m1/s1. The Kier molecular flexibility index (Phi) is 4.01. The van der Waals surface area contributed by atoms with Crippen molar-refractivity contribution in [2.24, 2.45) is 0 Å². The fourth-order valence-corrected chi connectivity index (χ4v) is 2.86. The summed E-state index contributed by atoms with van der Waals surface area (Å²) in [4.78, 5) is 36.3. The van der Waals surface area contributed by atoms with Gasteiger partial charge in [0.2, 0.25) is 5.91 Å². The number of carboxylic acid groups (broad SMARTS) is 1. The van der Waals surface area contributed by atoms with Gasteiger partial charge in [0.05, 0.1) is 6.61 Å². The molecule has 0 aromatic heterocycles. The summed E-state index contributed by atoms with van der Waals surface area (Å²) in [7, 11) is 0. The van der Waals surface area contributed by atoms with Gasteiger partial charge in [0.25, 0.3) is 5.91 Å². The van der Waals surface area contributed by atoms with E-state index in [0.717, 1.165) is 5.56 Å². The number of amides is 2. The van der Waals surface area contributed by atoms with Gasteiger partial charge in [-0.3, -0.25) is 9.59 Å². The molecule has 2 heterocycles. The third-order valence-corrected chi connectivity index (χ3v) is 3.98. The van der Waals surface area contributed by atoms with Gasteiger partial charge in [-0.2, -0.15) is 0 Å². The predicted molar refractivity (Wildman–Crippen MR) is 79.1 cm³/mol. The Morgan fingerprint density at radius 3 is 2.87 bits per heavy atom. The minimum absolute atomic E-state index is 0.0814. The highest BCUT2D eigenvalue weighted by atomic mass is 16.5. The lowest BCUT2D eigenvalue weighted by Crippen LogP contribution is -2.54. The van der Waals surface area contributed by atoms with Crippen molar-refractivity contribution in [2.45, 2.75) is 25.0 Å². The molecule has 23 heavy (non-hydrogen) atoms. The van der Waals surface area contributed by atoms with Crippen molar-refractivity contribution in [1.82, 2.24) is 0 Å². The van der Waals surface area contributed by atoms with Crippen LogP contribution in [0.4, 0.5) is 11.4 Å². The molecule has 0 spiro atoms. The van der Waals surface area contributed by atoms with Gasteiger partial charge in [0.1, 0.15) is 0 Å². The van der Waals surface area contributed by atoms with E-state index in [2.05, 4.69) is 5.32 Å². The molecular weight excluding hydrogens is 304 g/mol. The number of ether oxygens (including phenoxy) is 1. The molecule has 0 bridgehead atoms. The SMILES string of the molecule is O=C1CCc2c(cccc2N2CCOC([C@@H](O)C(=O)O)C2=O)N1. The van der Waals surface area contributed by atoms with Crippen LogP contribution in [-0.4, -0.2) is 53.4 Å². The minimum Gasteiger partial charge on any atom is -0.479 e. The molecule has 122 valence electrons. The second-order valence-corrected chi connectivity index (χ2v) is 5.42. The Hall–Kier alpha value is -2.45. The first-order valence-corrected chi connectivity index (χ1v) is 7.24. The number of carbonyl (C=O) groups excluding carboxylic acids is 2. The zero-order valence-corrected chi connectivity index (χ0v) is 12.2. The fourth-order valence-electron chi connectivity index (χ4n) is 2.86. The lowest BCUT2D eigenvalue weighted by Gasteiger charge is -2.35. The molecule has 1 unspecified atom stereocenters. The second kappa shape index (κ2) is 5.98. The van der Waals surface area contributed by atoms with E-state index in [0.29, 0.717) is 24.2 Å². The van der Waals surface area contributed by atoms with Gasteiger partial charge < -0.3 is 25.2 Å². The van der Waals surface area contributed by atoms with Gasteiger partial charge in [-0.15, -0.1) is 0 Å². The molecule has 2 aliphatic rings. The number of carboxylic acids is 1. The average molecular weight is 320 g/mol. The smallest absolute Gasteiger partial charge is 0.335 e. The largest absolute Gasteiger partial charge is 0.479 e. The molecule has 3 N–H and O–H groups in total. The van der Waals surface area contributed by atoms with Crippen LogP contribution < -0.4 is 10.2 Å². The topological polar surface area (TPSA) is 116 Å². The van der Waals surface area contributed by atoms with Gasteiger partial charge >= 0.3 is 5.97 Å². The van der Waals surface area contributed by atoms with Gasteiger partial charge in [-0.05, 0) is 24.1 Å². The fraction of sp³-hybridized carbons (Fsp3) is 0.400. The van der Waals surface area contributed by atoms with Crippen molar-refractivity contribution in [3.05, 3.63) is 23.8 Å². The lowest BCUT2D eigenvalue weighted by molar-refractivity contribution is -0.163. The third-order valence-electron chi connectivity index (χ3n) is 3.98. The molecule has 0 radical (unpaired) electrons. The van der Waals surface area contributed by atoms with E-state index in [4.69, 9.17) is 9.84 Å². The van der Waals surface area contributed by atoms with E-state index >= 15 is 0 Å². The van der Waals surface area contributed by atoms with Crippen molar-refractivity contribution in [1.29, 1.82) is 0 Å². The first-order chi connectivity index (χ1) is 11.0. The Bertz CT molecular complexity index is 674. The van der Waals surface area contributed by atoms with Crippen molar-refractivity contribution < 1.29 is 29.3 Å². The van der Waals surface area contributed by atoms with Crippen LogP contribution in [0.3, 0.4) is 0 Å². The summed E-state index contributed by atoms with van der Waals surface area (Å²) < 4.78 is 5.13. The maximum atomic E-state index is 12.5. The molecule has 2 atom stereocenters. The number of hydrogen-bond donors (Lipinski definition) is 3. The lowest BCUT2D eigenvalue weighted by atomic mass is 9.99. The Labute approximate surface area is 131 Å². The number of fused-ring (bicyclic) bond motifs is 1. The van der Waals surface area contributed by atoms with E-state index in [1.54, 1.807) is 18.2 Å². The van der Waals surface area contributed by atoms with Crippen LogP contribution in [0.5, 0.6) is 0 Å². The molecule has 2 aliphatic heterocycles. The highest BCUT2D eigenvalue weighted by molar-refractivity contribution is 6.02. The summed E-state index contributed by atoms with van der Waals surface area (Å²) >= 11 is 0. The number of aliphatic hydroxyl groups excluding tert-OH is 1. The molecule has 2 amide bonds. The quantitative estimate of drug-likeness (QED) is 0.707. The Morgan fingerprint density at radius 2 is 2.13 bits per heavy atom. The molecule has 1 aromatic rings. The molecule has 0 saturated carbocycles. The zero-order chi connectivity index (χ0) is 16.6. The normalized spacial score (nSPS) is 22.3. The van der Waals surface area contributed by atoms with Gasteiger partial charge in [-0.1, -0.05) is 6.07 Å².